The molecule has 1 saturated heterocycles. The molecule has 2 heterocycles. The molecule has 2 N–H and O–H groups in total. The average molecular weight is 334 g/mol. The molecular formula is C18H30N4O2. The molecule has 2 aliphatic heterocycles. The molecule has 0 bridgehead atoms. The van der Waals surface area contributed by atoms with Crippen LogP contribution in [0.2, 0.25) is 0 Å². The van der Waals surface area contributed by atoms with E-state index in [1.54, 1.807) is 0 Å². The Labute approximate surface area is 145 Å². The van der Waals surface area contributed by atoms with Crippen LogP contribution in [0.5, 0.6) is 0 Å². The van der Waals surface area contributed by atoms with Crippen molar-refractivity contribution in [3.8, 4) is 0 Å². The van der Waals surface area contributed by atoms with Crippen LogP contribution in [0.3, 0.4) is 0 Å². The van der Waals surface area contributed by atoms with Crippen LogP contribution in [0.25, 0.3) is 0 Å². The van der Waals surface area contributed by atoms with Crippen LogP contribution in [0, 0.1) is 0 Å². The molecular weight excluding hydrogens is 304 g/mol. The van der Waals surface area contributed by atoms with Crippen molar-refractivity contribution in [2.24, 2.45) is 4.99 Å². The summed E-state index contributed by atoms with van der Waals surface area (Å²) < 4.78 is 0. The third-order valence-corrected chi connectivity index (χ3v) is 4.06. The molecule has 6 nitrogen and oxygen atoms in total. The van der Waals surface area contributed by atoms with E-state index in [0.29, 0.717) is 23.5 Å². The van der Waals surface area contributed by atoms with Crippen molar-refractivity contribution >= 4 is 11.7 Å². The maximum Gasteiger partial charge on any atom is 0.278 e. The van der Waals surface area contributed by atoms with Gasteiger partial charge in [0.05, 0.1) is 5.70 Å². The number of hydroxylamine groups is 2. The second-order valence-corrected chi connectivity index (χ2v) is 6.10. The number of rotatable bonds is 3. The number of amidine groups is 1. The second kappa shape index (κ2) is 9.39. The SMILES string of the molecule is C=C.CCN=C1C(=C(C)C)C(NC2CCN(C)CC2)=CC(=O)N1O. The first-order valence-electron chi connectivity index (χ1n) is 8.36. The van der Waals surface area contributed by atoms with E-state index in [0.717, 1.165) is 42.8 Å². The third-order valence-electron chi connectivity index (χ3n) is 4.06. The van der Waals surface area contributed by atoms with Crippen molar-refractivity contribution in [1.82, 2.24) is 15.3 Å². The molecule has 0 saturated carbocycles. The van der Waals surface area contributed by atoms with Crippen molar-refractivity contribution in [3.05, 3.63) is 36.1 Å². The fourth-order valence-corrected chi connectivity index (χ4v) is 2.86. The number of carbonyl (C=O) groups excluding carboxylic acids is 1. The Balaban J connectivity index is 0.00000139. The van der Waals surface area contributed by atoms with Crippen LogP contribution in [0.4, 0.5) is 0 Å². The molecule has 6 heteroatoms. The van der Waals surface area contributed by atoms with E-state index in [1.807, 2.05) is 20.8 Å². The highest BCUT2D eigenvalue weighted by atomic mass is 16.5. The fraction of sp³-hybridized carbons (Fsp3) is 0.556. The summed E-state index contributed by atoms with van der Waals surface area (Å²) >= 11 is 0. The summed E-state index contributed by atoms with van der Waals surface area (Å²) in [5.41, 5.74) is 2.62. The summed E-state index contributed by atoms with van der Waals surface area (Å²) in [5.74, 6) is -0.113. The summed E-state index contributed by atoms with van der Waals surface area (Å²) in [6.07, 6.45) is 3.55. The van der Waals surface area contributed by atoms with E-state index in [2.05, 4.69) is 35.4 Å². The molecule has 0 radical (unpaired) electrons. The van der Waals surface area contributed by atoms with Gasteiger partial charge in [0.15, 0.2) is 5.84 Å². The summed E-state index contributed by atoms with van der Waals surface area (Å²) in [6, 6.07) is 0.345. The van der Waals surface area contributed by atoms with Gasteiger partial charge in [-0.1, -0.05) is 5.57 Å². The Hall–Kier alpha value is -1.92. The first kappa shape index (κ1) is 20.1. The van der Waals surface area contributed by atoms with Crippen molar-refractivity contribution in [2.75, 3.05) is 26.7 Å². The van der Waals surface area contributed by atoms with Crippen LogP contribution in [-0.2, 0) is 4.79 Å². The van der Waals surface area contributed by atoms with Crippen LogP contribution < -0.4 is 5.32 Å². The predicted octanol–water partition coefficient (Wildman–Crippen LogP) is 2.34. The molecule has 0 aromatic heterocycles. The quantitative estimate of drug-likeness (QED) is 0.614. The molecule has 0 aliphatic carbocycles. The maximum absolute atomic E-state index is 12.0. The number of hydrogen-bond acceptors (Lipinski definition) is 5. The minimum absolute atomic E-state index is 0.338. The zero-order valence-electron chi connectivity index (χ0n) is 15.3. The number of amides is 1. The minimum atomic E-state index is -0.451. The molecule has 0 unspecified atom stereocenters. The number of aliphatic imine (C=N–C) groups is 1. The Morgan fingerprint density at radius 2 is 1.96 bits per heavy atom. The van der Waals surface area contributed by atoms with E-state index in [9.17, 15) is 10.0 Å². The maximum atomic E-state index is 12.0. The number of hydrogen-bond donors (Lipinski definition) is 2. The highest BCUT2D eigenvalue weighted by molar-refractivity contribution is 6.15. The van der Waals surface area contributed by atoms with Crippen molar-refractivity contribution in [2.45, 2.75) is 39.7 Å². The number of allylic oxidation sites excluding steroid dienone is 1. The number of nitrogens with zero attached hydrogens (tertiary/aromatic N) is 3. The standard InChI is InChI=1S/C16H26N4O2.C2H4/c1-5-17-16-15(11(2)3)13(10-14(21)20(16)22)18-12-6-8-19(4)9-7-12;1-2/h10,12,18,22H,5-9H2,1-4H3;1-2H2. The highest BCUT2D eigenvalue weighted by Crippen LogP contribution is 2.23. The van der Waals surface area contributed by atoms with Crippen LogP contribution in [0.1, 0.15) is 33.6 Å². The highest BCUT2D eigenvalue weighted by Gasteiger charge is 2.30. The molecule has 0 aromatic rings. The van der Waals surface area contributed by atoms with Gasteiger partial charge >= 0.3 is 0 Å². The van der Waals surface area contributed by atoms with Gasteiger partial charge in [-0.3, -0.25) is 15.0 Å². The smallest absolute Gasteiger partial charge is 0.278 e. The summed E-state index contributed by atoms with van der Waals surface area (Å²) in [4.78, 5) is 18.6. The van der Waals surface area contributed by atoms with E-state index in [4.69, 9.17) is 0 Å². The van der Waals surface area contributed by atoms with Gasteiger partial charge in [-0.15, -0.1) is 13.2 Å². The number of piperidine rings is 1. The lowest BCUT2D eigenvalue weighted by Gasteiger charge is -2.33. The van der Waals surface area contributed by atoms with E-state index < -0.39 is 5.91 Å². The van der Waals surface area contributed by atoms with Crippen molar-refractivity contribution in [1.29, 1.82) is 0 Å². The first-order chi connectivity index (χ1) is 11.4. The molecule has 24 heavy (non-hydrogen) atoms. The normalized spacial score (nSPS) is 21.3. The molecule has 0 spiro atoms. The van der Waals surface area contributed by atoms with Gasteiger partial charge in [-0.05, 0) is 53.8 Å². The van der Waals surface area contributed by atoms with Crippen LogP contribution >= 0.6 is 0 Å². The van der Waals surface area contributed by atoms with E-state index in [-0.39, 0.29) is 0 Å². The molecule has 2 aliphatic rings. The van der Waals surface area contributed by atoms with E-state index in [1.165, 1.54) is 6.08 Å². The molecule has 1 amide bonds. The zero-order valence-corrected chi connectivity index (χ0v) is 15.3. The lowest BCUT2D eigenvalue weighted by Crippen LogP contribution is -2.45. The largest absolute Gasteiger partial charge is 0.381 e. The predicted molar refractivity (Wildman–Crippen MR) is 98.0 cm³/mol. The molecule has 134 valence electrons. The fourth-order valence-electron chi connectivity index (χ4n) is 2.86. The molecule has 2 rings (SSSR count). The van der Waals surface area contributed by atoms with Gasteiger partial charge in [-0.2, -0.15) is 5.06 Å². The van der Waals surface area contributed by atoms with Gasteiger partial charge < -0.3 is 10.2 Å². The zero-order chi connectivity index (χ0) is 18.3. The van der Waals surface area contributed by atoms with Gasteiger partial charge in [0.2, 0.25) is 0 Å². The monoisotopic (exact) mass is 334 g/mol. The summed E-state index contributed by atoms with van der Waals surface area (Å²) in [6.45, 7) is 14.4. The summed E-state index contributed by atoms with van der Waals surface area (Å²) in [5, 5.41) is 14.1. The Kier molecular flexibility index (Phi) is 7.88. The topological polar surface area (TPSA) is 68.2 Å². The Morgan fingerprint density at radius 3 is 2.46 bits per heavy atom. The Morgan fingerprint density at radius 1 is 1.38 bits per heavy atom. The lowest BCUT2D eigenvalue weighted by molar-refractivity contribution is -0.143. The Bertz CT molecular complexity index is 539. The number of likely N-dealkylation sites (tertiary alicyclic amines) is 1. The van der Waals surface area contributed by atoms with Crippen LogP contribution in [-0.4, -0.2) is 59.6 Å². The minimum Gasteiger partial charge on any atom is -0.381 e. The number of carbonyl (C=O) groups is 1. The molecule has 1 fully saturated rings. The van der Waals surface area contributed by atoms with Crippen LogP contribution in [0.15, 0.2) is 41.1 Å². The van der Waals surface area contributed by atoms with Gasteiger partial charge in [0.1, 0.15) is 0 Å². The first-order valence-corrected chi connectivity index (χ1v) is 8.36. The molecule has 0 aromatic carbocycles. The van der Waals surface area contributed by atoms with Crippen molar-refractivity contribution < 1.29 is 10.0 Å². The average Bonchev–Trinajstić information content (AvgIpc) is 2.56. The second-order valence-electron chi connectivity index (χ2n) is 6.10. The lowest BCUT2D eigenvalue weighted by atomic mass is 9.99. The van der Waals surface area contributed by atoms with E-state index >= 15 is 0 Å². The van der Waals surface area contributed by atoms with Gasteiger partial charge in [-0.25, -0.2) is 0 Å². The third kappa shape index (κ3) is 4.79. The van der Waals surface area contributed by atoms with Crippen molar-refractivity contribution in [3.63, 3.8) is 0 Å². The molecule has 0 atom stereocenters. The summed E-state index contributed by atoms with van der Waals surface area (Å²) in [7, 11) is 2.12. The van der Waals surface area contributed by atoms with Gasteiger partial charge in [0.25, 0.3) is 5.91 Å². The van der Waals surface area contributed by atoms with Gasteiger partial charge in [0, 0.05) is 24.2 Å². The number of nitrogens with one attached hydrogen (secondary N) is 1.